The van der Waals surface area contributed by atoms with Gasteiger partial charge in [-0.05, 0) is 55.3 Å². The summed E-state index contributed by atoms with van der Waals surface area (Å²) in [4.78, 5) is 13.7. The molecule has 0 aliphatic carbocycles. The molecule has 30 heavy (non-hydrogen) atoms. The van der Waals surface area contributed by atoms with Crippen molar-refractivity contribution >= 4 is 28.7 Å². The zero-order chi connectivity index (χ0) is 21.5. The molecule has 156 valence electrons. The molecule has 3 aromatic carbocycles. The largest absolute Gasteiger partial charge is 0.419 e. The number of amides is 1. The Kier molecular flexibility index (Phi) is 7.21. The van der Waals surface area contributed by atoms with Crippen LogP contribution in [0.3, 0.4) is 0 Å². The van der Waals surface area contributed by atoms with Crippen LogP contribution in [0.4, 0.5) is 16.2 Å². The predicted octanol–water partition coefficient (Wildman–Crippen LogP) is 4.82. The van der Waals surface area contributed by atoms with Gasteiger partial charge >= 0.3 is 6.09 Å². The van der Waals surface area contributed by atoms with Gasteiger partial charge in [-0.1, -0.05) is 48.0 Å². The Morgan fingerprint density at radius 1 is 0.933 bits per heavy atom. The monoisotopic (exact) mass is 424 g/mol. The van der Waals surface area contributed by atoms with Crippen LogP contribution in [-0.2, 0) is 17.7 Å². The van der Waals surface area contributed by atoms with Crippen molar-refractivity contribution < 1.29 is 18.3 Å². The molecule has 1 atom stereocenters. The van der Waals surface area contributed by atoms with Crippen molar-refractivity contribution in [3.63, 3.8) is 0 Å². The van der Waals surface area contributed by atoms with E-state index in [4.69, 9.17) is 4.74 Å². The highest BCUT2D eigenvalue weighted by Crippen LogP contribution is 2.19. The zero-order valence-electron chi connectivity index (χ0n) is 16.9. The van der Waals surface area contributed by atoms with Crippen LogP contribution in [-0.4, -0.2) is 28.4 Å². The Balaban J connectivity index is 1.59. The molecule has 0 fully saturated rings. The first kappa shape index (κ1) is 21.5. The van der Waals surface area contributed by atoms with E-state index in [1.54, 1.807) is 19.2 Å². The summed E-state index contributed by atoms with van der Waals surface area (Å²) in [6, 6.07) is 23.9. The highest BCUT2D eigenvalue weighted by atomic mass is 32.2. The van der Waals surface area contributed by atoms with Crippen molar-refractivity contribution in [1.29, 1.82) is 0 Å². The molecule has 0 saturated heterocycles. The van der Waals surface area contributed by atoms with Gasteiger partial charge in [-0.2, -0.15) is 0 Å². The molecule has 0 saturated carbocycles. The number of ether oxygens (including phenoxy) is 1. The van der Waals surface area contributed by atoms with Crippen LogP contribution < -0.4 is 13.9 Å². The molecule has 1 unspecified atom stereocenters. The average Bonchev–Trinajstić information content (AvgIpc) is 2.76. The third-order valence-electron chi connectivity index (χ3n) is 4.66. The second kappa shape index (κ2) is 10.0. The molecule has 0 bridgehead atoms. The molecule has 0 radical (unpaired) electrons. The number of aryl methyl sites for hydroxylation is 1. The van der Waals surface area contributed by atoms with Gasteiger partial charge in [-0.25, -0.2) is 9.00 Å². The number of rotatable bonds is 7. The number of anilines is 2. The predicted molar refractivity (Wildman–Crippen MR) is 120 cm³/mol. The molecular weight excluding hydrogens is 400 g/mol. The Hall–Kier alpha value is -3.16. The van der Waals surface area contributed by atoms with Gasteiger partial charge in [0.1, 0.15) is 5.75 Å². The lowest BCUT2D eigenvalue weighted by Crippen LogP contribution is -2.29. The average molecular weight is 425 g/mol. The normalized spacial score (nSPS) is 11.6. The van der Waals surface area contributed by atoms with Crippen molar-refractivity contribution in [2.24, 2.45) is 0 Å². The van der Waals surface area contributed by atoms with Crippen molar-refractivity contribution in [3.05, 3.63) is 90.0 Å². The van der Waals surface area contributed by atoms with E-state index in [1.165, 1.54) is 9.21 Å². The summed E-state index contributed by atoms with van der Waals surface area (Å²) in [5, 5.41) is 0. The molecule has 0 aromatic heterocycles. The third kappa shape index (κ3) is 5.68. The number of hydrogen-bond donors (Lipinski definition) is 1. The molecule has 0 heterocycles. The standard InChI is InChI=1S/C23H24N2O4S/c1-18-8-12-21(13-9-18)25(30(27)28)17-16-19-10-14-22(15-11-19)29-23(26)24(2)20-6-4-3-5-7-20/h3-15H,16-17H2,1-2H3,(H,27,28). The fourth-order valence-electron chi connectivity index (χ4n) is 2.89. The van der Waals surface area contributed by atoms with Gasteiger partial charge in [0.05, 0.1) is 5.69 Å². The zero-order valence-corrected chi connectivity index (χ0v) is 17.7. The molecule has 3 aromatic rings. The van der Waals surface area contributed by atoms with E-state index < -0.39 is 17.4 Å². The first-order valence-corrected chi connectivity index (χ1v) is 10.5. The maximum atomic E-state index is 12.3. The van der Waals surface area contributed by atoms with Gasteiger partial charge < -0.3 is 4.74 Å². The number of para-hydroxylation sites is 1. The van der Waals surface area contributed by atoms with Gasteiger partial charge in [0.15, 0.2) is 0 Å². The quantitative estimate of drug-likeness (QED) is 0.552. The van der Waals surface area contributed by atoms with E-state index in [1.807, 2.05) is 73.7 Å². The smallest absolute Gasteiger partial charge is 0.410 e. The minimum Gasteiger partial charge on any atom is -0.410 e. The number of hydrogen-bond acceptors (Lipinski definition) is 3. The molecule has 1 N–H and O–H groups in total. The Bertz CT molecular complexity index is 992. The van der Waals surface area contributed by atoms with Crippen molar-refractivity contribution in [3.8, 4) is 5.75 Å². The van der Waals surface area contributed by atoms with E-state index in [0.717, 1.165) is 16.8 Å². The van der Waals surface area contributed by atoms with E-state index in [0.29, 0.717) is 24.4 Å². The van der Waals surface area contributed by atoms with Crippen LogP contribution in [0.25, 0.3) is 0 Å². The van der Waals surface area contributed by atoms with Gasteiger partial charge in [0, 0.05) is 19.3 Å². The van der Waals surface area contributed by atoms with Crippen LogP contribution in [0.5, 0.6) is 5.75 Å². The highest BCUT2D eigenvalue weighted by Gasteiger charge is 2.14. The van der Waals surface area contributed by atoms with E-state index >= 15 is 0 Å². The van der Waals surface area contributed by atoms with Crippen molar-refractivity contribution in [1.82, 2.24) is 0 Å². The van der Waals surface area contributed by atoms with Crippen LogP contribution in [0.2, 0.25) is 0 Å². The Morgan fingerprint density at radius 2 is 1.57 bits per heavy atom. The van der Waals surface area contributed by atoms with Gasteiger partial charge in [0.2, 0.25) is 0 Å². The lowest BCUT2D eigenvalue weighted by atomic mass is 10.1. The molecule has 0 aliphatic rings. The second-order valence-electron chi connectivity index (χ2n) is 6.82. The van der Waals surface area contributed by atoms with Crippen LogP contribution in [0, 0.1) is 6.92 Å². The van der Waals surface area contributed by atoms with Crippen molar-refractivity contribution in [2.45, 2.75) is 13.3 Å². The third-order valence-corrected chi connectivity index (χ3v) is 5.43. The fraction of sp³-hybridized carbons (Fsp3) is 0.174. The summed E-state index contributed by atoms with van der Waals surface area (Å²) < 4.78 is 28.2. The number of nitrogens with zero attached hydrogens (tertiary/aromatic N) is 2. The molecule has 1 amide bonds. The first-order chi connectivity index (χ1) is 14.4. The minimum atomic E-state index is -2.11. The molecule has 7 heteroatoms. The van der Waals surface area contributed by atoms with Gasteiger partial charge in [-0.3, -0.25) is 13.8 Å². The number of carbonyl (C=O) groups is 1. The van der Waals surface area contributed by atoms with Gasteiger partial charge in [0.25, 0.3) is 11.3 Å². The maximum absolute atomic E-state index is 12.3. The summed E-state index contributed by atoms with van der Waals surface area (Å²) in [7, 11) is 1.65. The molecular formula is C23H24N2O4S. The maximum Gasteiger partial charge on any atom is 0.419 e. The van der Waals surface area contributed by atoms with Crippen molar-refractivity contribution in [2.75, 3.05) is 22.8 Å². The van der Waals surface area contributed by atoms with Crippen LogP contribution >= 0.6 is 0 Å². The first-order valence-electron chi connectivity index (χ1n) is 9.49. The Morgan fingerprint density at radius 3 is 2.17 bits per heavy atom. The molecule has 0 spiro atoms. The summed E-state index contributed by atoms with van der Waals surface area (Å²) in [6.07, 6.45) is 0.0911. The SMILES string of the molecule is Cc1ccc(N(CCc2ccc(OC(=O)N(C)c3ccccc3)cc2)S(=O)O)cc1. The molecule has 3 rings (SSSR count). The number of carbonyl (C=O) groups excluding carboxylic acids is 1. The summed E-state index contributed by atoms with van der Waals surface area (Å²) in [5.74, 6) is 0.438. The Labute approximate surface area is 179 Å². The summed E-state index contributed by atoms with van der Waals surface area (Å²) in [6.45, 7) is 2.35. The van der Waals surface area contributed by atoms with Crippen LogP contribution in [0.15, 0.2) is 78.9 Å². The number of benzene rings is 3. The van der Waals surface area contributed by atoms with E-state index in [2.05, 4.69) is 0 Å². The molecule has 6 nitrogen and oxygen atoms in total. The fourth-order valence-corrected chi connectivity index (χ4v) is 3.44. The lowest BCUT2D eigenvalue weighted by Gasteiger charge is -2.20. The highest BCUT2D eigenvalue weighted by molar-refractivity contribution is 7.80. The topological polar surface area (TPSA) is 70.1 Å². The van der Waals surface area contributed by atoms with Gasteiger partial charge in [-0.15, -0.1) is 0 Å². The second-order valence-corrected chi connectivity index (χ2v) is 7.73. The lowest BCUT2D eigenvalue weighted by molar-refractivity contribution is 0.209. The summed E-state index contributed by atoms with van der Waals surface area (Å²) in [5.41, 5.74) is 3.49. The molecule has 0 aliphatic heterocycles. The minimum absolute atomic E-state index is 0.377. The van der Waals surface area contributed by atoms with E-state index in [-0.39, 0.29) is 0 Å². The summed E-state index contributed by atoms with van der Waals surface area (Å²) >= 11 is -2.11. The van der Waals surface area contributed by atoms with E-state index in [9.17, 15) is 13.6 Å². The van der Waals surface area contributed by atoms with Crippen LogP contribution in [0.1, 0.15) is 11.1 Å².